The molecule has 0 amide bonds. The number of pyridine rings is 1. The highest BCUT2D eigenvalue weighted by Crippen LogP contribution is 2.30. The Morgan fingerprint density at radius 3 is 2.36 bits per heavy atom. The number of Topliss-reactive ketones (excluding diaryl/α,β-unsaturated/α-hetero) is 1. The van der Waals surface area contributed by atoms with Gasteiger partial charge in [-0.15, -0.1) is 0 Å². The zero-order valence-electron chi connectivity index (χ0n) is 14.1. The average molecular weight is 337 g/mol. The fraction of sp³-hybridized carbons (Fsp3) is 0.150. The number of aromatic nitrogens is 1. The van der Waals surface area contributed by atoms with E-state index in [-0.39, 0.29) is 17.3 Å². The van der Waals surface area contributed by atoms with Gasteiger partial charge in [0, 0.05) is 16.5 Å². The van der Waals surface area contributed by atoms with Gasteiger partial charge in [-0.3, -0.25) is 4.79 Å². The summed E-state index contributed by atoms with van der Waals surface area (Å²) in [4.78, 5) is 28.6. The van der Waals surface area contributed by atoms with Crippen molar-refractivity contribution >= 4 is 22.7 Å². The Kier molecular flexibility index (Phi) is 4.31. The number of carbonyl (C=O) groups excluding carboxylic acids is 2. The van der Waals surface area contributed by atoms with Crippen LogP contribution in [0.4, 0.5) is 4.39 Å². The summed E-state index contributed by atoms with van der Waals surface area (Å²) in [6, 6.07) is 11.1. The lowest BCUT2D eigenvalue weighted by atomic mass is 9.96. The van der Waals surface area contributed by atoms with Gasteiger partial charge in [0.1, 0.15) is 5.82 Å². The molecule has 2 aromatic carbocycles. The van der Waals surface area contributed by atoms with E-state index in [1.807, 2.05) is 13.0 Å². The molecule has 0 N–H and O–H groups in total. The van der Waals surface area contributed by atoms with E-state index in [0.717, 1.165) is 5.56 Å². The van der Waals surface area contributed by atoms with Crippen LogP contribution in [-0.4, -0.2) is 23.8 Å². The van der Waals surface area contributed by atoms with Crippen molar-refractivity contribution < 1.29 is 18.7 Å². The number of rotatable bonds is 3. The van der Waals surface area contributed by atoms with Crippen molar-refractivity contribution in [2.24, 2.45) is 0 Å². The molecule has 0 fully saturated rings. The third kappa shape index (κ3) is 3.13. The first-order valence-corrected chi connectivity index (χ1v) is 7.71. The zero-order valence-corrected chi connectivity index (χ0v) is 14.1. The molecule has 4 nitrogen and oxygen atoms in total. The van der Waals surface area contributed by atoms with Crippen molar-refractivity contribution in [3.8, 4) is 11.1 Å². The van der Waals surface area contributed by atoms with Crippen LogP contribution >= 0.6 is 0 Å². The molecule has 0 aliphatic carbocycles. The standard InChI is InChI=1S/C20H16FNO3/c1-11-8-15(12(2)23)17-10-16(13-4-6-14(21)7-5-13)19(20(24)25-3)22-18(17)9-11/h4-10H,1-3H3. The predicted molar refractivity (Wildman–Crippen MR) is 93.2 cm³/mol. The van der Waals surface area contributed by atoms with Gasteiger partial charge in [-0.25, -0.2) is 14.2 Å². The number of carbonyl (C=O) groups is 2. The molecule has 0 saturated carbocycles. The van der Waals surface area contributed by atoms with Gasteiger partial charge < -0.3 is 4.74 Å². The highest BCUT2D eigenvalue weighted by molar-refractivity contribution is 6.09. The lowest BCUT2D eigenvalue weighted by Gasteiger charge is -2.12. The number of methoxy groups -OCH3 is 1. The van der Waals surface area contributed by atoms with Crippen LogP contribution in [0.3, 0.4) is 0 Å². The van der Waals surface area contributed by atoms with Crippen LogP contribution in [-0.2, 0) is 4.74 Å². The van der Waals surface area contributed by atoms with Crippen LogP contribution in [0.5, 0.6) is 0 Å². The first kappa shape index (κ1) is 16.8. The maximum atomic E-state index is 13.2. The third-order valence-corrected chi connectivity index (χ3v) is 3.99. The normalized spacial score (nSPS) is 10.7. The maximum Gasteiger partial charge on any atom is 0.357 e. The molecule has 0 unspecified atom stereocenters. The summed E-state index contributed by atoms with van der Waals surface area (Å²) >= 11 is 0. The van der Waals surface area contributed by atoms with Gasteiger partial charge >= 0.3 is 5.97 Å². The summed E-state index contributed by atoms with van der Waals surface area (Å²) in [5, 5.41) is 0.644. The minimum atomic E-state index is -0.591. The van der Waals surface area contributed by atoms with E-state index >= 15 is 0 Å². The second kappa shape index (κ2) is 6.43. The average Bonchev–Trinajstić information content (AvgIpc) is 2.59. The molecule has 1 heterocycles. The molecule has 0 bridgehead atoms. The number of nitrogens with zero attached hydrogens (tertiary/aromatic N) is 1. The predicted octanol–water partition coefficient (Wildman–Crippen LogP) is 4.34. The number of aryl methyl sites for hydroxylation is 1. The number of ketones is 1. The molecule has 0 radical (unpaired) electrons. The molecule has 5 heteroatoms. The summed E-state index contributed by atoms with van der Waals surface area (Å²) in [6.45, 7) is 3.35. The van der Waals surface area contributed by atoms with Crippen LogP contribution in [0.15, 0.2) is 42.5 Å². The highest BCUT2D eigenvalue weighted by atomic mass is 19.1. The number of esters is 1. The quantitative estimate of drug-likeness (QED) is 0.527. The Morgan fingerprint density at radius 2 is 1.76 bits per heavy atom. The molecule has 1 aromatic heterocycles. The van der Waals surface area contributed by atoms with E-state index in [1.165, 1.54) is 26.2 Å². The summed E-state index contributed by atoms with van der Waals surface area (Å²) in [5.41, 5.74) is 3.17. The molecule has 25 heavy (non-hydrogen) atoms. The van der Waals surface area contributed by atoms with E-state index in [1.54, 1.807) is 24.3 Å². The Labute approximate surface area is 144 Å². The van der Waals surface area contributed by atoms with Crippen LogP contribution in [0, 0.1) is 12.7 Å². The van der Waals surface area contributed by atoms with Crippen LogP contribution < -0.4 is 0 Å². The van der Waals surface area contributed by atoms with E-state index in [4.69, 9.17) is 4.74 Å². The van der Waals surface area contributed by atoms with Gasteiger partial charge in [-0.2, -0.15) is 0 Å². The minimum Gasteiger partial charge on any atom is -0.464 e. The third-order valence-electron chi connectivity index (χ3n) is 3.99. The van der Waals surface area contributed by atoms with E-state index < -0.39 is 5.97 Å². The van der Waals surface area contributed by atoms with Crippen LogP contribution in [0.2, 0.25) is 0 Å². The number of fused-ring (bicyclic) bond motifs is 1. The van der Waals surface area contributed by atoms with E-state index in [0.29, 0.717) is 27.6 Å². The Balaban J connectivity index is 2.38. The number of hydrogen-bond acceptors (Lipinski definition) is 4. The Hall–Kier alpha value is -3.08. The number of halogens is 1. The smallest absolute Gasteiger partial charge is 0.357 e. The van der Waals surface area contributed by atoms with Gasteiger partial charge in [0.25, 0.3) is 0 Å². The van der Waals surface area contributed by atoms with Crippen molar-refractivity contribution in [1.82, 2.24) is 4.98 Å². The highest BCUT2D eigenvalue weighted by Gasteiger charge is 2.19. The fourth-order valence-corrected chi connectivity index (χ4v) is 2.81. The maximum absolute atomic E-state index is 13.2. The topological polar surface area (TPSA) is 56.3 Å². The summed E-state index contributed by atoms with van der Waals surface area (Å²) < 4.78 is 18.1. The van der Waals surface area contributed by atoms with Gasteiger partial charge in [0.2, 0.25) is 0 Å². The minimum absolute atomic E-state index is 0.0913. The molecule has 0 aliphatic rings. The summed E-state index contributed by atoms with van der Waals surface area (Å²) in [7, 11) is 1.28. The largest absolute Gasteiger partial charge is 0.464 e. The van der Waals surface area contributed by atoms with Gasteiger partial charge in [-0.05, 0) is 55.3 Å². The first-order valence-electron chi connectivity index (χ1n) is 7.71. The van der Waals surface area contributed by atoms with E-state index in [9.17, 15) is 14.0 Å². The zero-order chi connectivity index (χ0) is 18.1. The molecule has 126 valence electrons. The molecule has 0 aliphatic heterocycles. The Bertz CT molecular complexity index is 994. The van der Waals surface area contributed by atoms with Crippen molar-refractivity contribution in [3.05, 3.63) is 65.1 Å². The monoisotopic (exact) mass is 337 g/mol. The summed E-state index contributed by atoms with van der Waals surface area (Å²) in [5.74, 6) is -1.06. The second-order valence-electron chi connectivity index (χ2n) is 5.82. The van der Waals surface area contributed by atoms with Crippen molar-refractivity contribution in [3.63, 3.8) is 0 Å². The number of ether oxygens (including phenoxy) is 1. The fourth-order valence-electron chi connectivity index (χ4n) is 2.81. The lowest BCUT2D eigenvalue weighted by Crippen LogP contribution is -2.08. The van der Waals surface area contributed by atoms with Crippen molar-refractivity contribution in [2.75, 3.05) is 7.11 Å². The van der Waals surface area contributed by atoms with Gasteiger partial charge in [-0.1, -0.05) is 12.1 Å². The summed E-state index contributed by atoms with van der Waals surface area (Å²) in [6.07, 6.45) is 0. The van der Waals surface area contributed by atoms with Crippen molar-refractivity contribution in [2.45, 2.75) is 13.8 Å². The Morgan fingerprint density at radius 1 is 1.08 bits per heavy atom. The number of hydrogen-bond donors (Lipinski definition) is 0. The van der Waals surface area contributed by atoms with Gasteiger partial charge in [0.15, 0.2) is 11.5 Å². The second-order valence-corrected chi connectivity index (χ2v) is 5.82. The van der Waals surface area contributed by atoms with Crippen LogP contribution in [0.1, 0.15) is 33.3 Å². The molecule has 3 rings (SSSR count). The SMILES string of the molecule is COC(=O)c1nc2cc(C)cc(C(C)=O)c2cc1-c1ccc(F)cc1. The molecule has 0 saturated heterocycles. The lowest BCUT2D eigenvalue weighted by molar-refractivity contribution is 0.0595. The molecular formula is C20H16FNO3. The first-order chi connectivity index (χ1) is 11.9. The van der Waals surface area contributed by atoms with Crippen LogP contribution in [0.25, 0.3) is 22.0 Å². The molecular weight excluding hydrogens is 321 g/mol. The molecule has 0 spiro atoms. The number of benzene rings is 2. The van der Waals surface area contributed by atoms with E-state index in [2.05, 4.69) is 4.98 Å². The molecule has 3 aromatic rings. The molecule has 0 atom stereocenters. The van der Waals surface area contributed by atoms with Crippen molar-refractivity contribution in [1.29, 1.82) is 0 Å². The van der Waals surface area contributed by atoms with Gasteiger partial charge in [0.05, 0.1) is 12.6 Å².